The summed E-state index contributed by atoms with van der Waals surface area (Å²) in [7, 11) is -3.20. The van der Waals surface area contributed by atoms with Crippen LogP contribution in [-0.2, 0) is 14.6 Å². The second-order valence-electron chi connectivity index (χ2n) is 4.32. The smallest absolute Gasteiger partial charge is 0.217 e. The molecule has 0 aromatic heterocycles. The third-order valence-corrected chi connectivity index (χ3v) is 3.61. The van der Waals surface area contributed by atoms with Crippen LogP contribution in [0, 0.1) is 0 Å². The fourth-order valence-corrected chi connectivity index (χ4v) is 2.03. The first-order chi connectivity index (χ1) is 8.79. The third-order valence-electron chi connectivity index (χ3n) is 2.48. The lowest BCUT2D eigenvalue weighted by atomic mass is 10.2. The minimum atomic E-state index is -3.20. The molecule has 0 radical (unpaired) electrons. The van der Waals surface area contributed by atoms with E-state index in [0.717, 1.165) is 6.26 Å². The fourth-order valence-electron chi connectivity index (χ4n) is 1.40. The van der Waals surface area contributed by atoms with E-state index in [0.29, 0.717) is 12.2 Å². The third kappa shape index (κ3) is 6.74. The SMILES string of the molecule is CS(=O)(=O)c1ccc(OCC(N)CCC(N)=O)cc1.Cl. The van der Waals surface area contributed by atoms with Gasteiger partial charge >= 0.3 is 0 Å². The van der Waals surface area contributed by atoms with Crippen molar-refractivity contribution in [2.75, 3.05) is 12.9 Å². The molecule has 0 spiro atoms. The van der Waals surface area contributed by atoms with Crippen LogP contribution >= 0.6 is 12.4 Å². The van der Waals surface area contributed by atoms with Crippen LogP contribution in [0.5, 0.6) is 5.75 Å². The summed E-state index contributed by atoms with van der Waals surface area (Å²) < 4.78 is 27.9. The molecule has 1 amide bonds. The zero-order chi connectivity index (χ0) is 14.5. The maximum Gasteiger partial charge on any atom is 0.217 e. The number of ether oxygens (including phenoxy) is 1. The number of rotatable bonds is 7. The maximum atomic E-state index is 11.3. The zero-order valence-corrected chi connectivity index (χ0v) is 12.7. The number of carbonyl (C=O) groups excluding carboxylic acids is 1. The van der Waals surface area contributed by atoms with Crippen molar-refractivity contribution >= 4 is 28.2 Å². The van der Waals surface area contributed by atoms with Crippen LogP contribution in [0.2, 0.25) is 0 Å². The van der Waals surface area contributed by atoms with E-state index < -0.39 is 15.7 Å². The van der Waals surface area contributed by atoms with Crippen molar-refractivity contribution in [3.8, 4) is 5.75 Å². The van der Waals surface area contributed by atoms with Gasteiger partial charge in [-0.3, -0.25) is 4.79 Å². The Balaban J connectivity index is 0.00000361. The summed E-state index contributed by atoms with van der Waals surface area (Å²) in [6.07, 6.45) is 1.82. The number of benzene rings is 1. The average Bonchev–Trinajstić information content (AvgIpc) is 2.33. The Bertz CT molecular complexity index is 531. The Morgan fingerprint density at radius 1 is 1.30 bits per heavy atom. The largest absolute Gasteiger partial charge is 0.492 e. The topological polar surface area (TPSA) is 112 Å². The predicted octanol–water partition coefficient (Wildman–Crippen LogP) is 0.484. The van der Waals surface area contributed by atoms with Gasteiger partial charge in [0.15, 0.2) is 9.84 Å². The van der Waals surface area contributed by atoms with Crippen molar-refractivity contribution in [1.82, 2.24) is 0 Å². The van der Waals surface area contributed by atoms with Gasteiger partial charge in [0, 0.05) is 18.7 Å². The maximum absolute atomic E-state index is 11.3. The molecule has 6 nitrogen and oxygen atoms in total. The molecule has 0 heterocycles. The van der Waals surface area contributed by atoms with E-state index in [1.807, 2.05) is 0 Å². The van der Waals surface area contributed by atoms with Crippen LogP contribution in [0.3, 0.4) is 0 Å². The molecule has 0 aliphatic carbocycles. The molecule has 1 atom stereocenters. The Morgan fingerprint density at radius 3 is 2.30 bits per heavy atom. The van der Waals surface area contributed by atoms with Crippen LogP contribution in [0.1, 0.15) is 12.8 Å². The fraction of sp³-hybridized carbons (Fsp3) is 0.417. The highest BCUT2D eigenvalue weighted by molar-refractivity contribution is 7.90. The van der Waals surface area contributed by atoms with E-state index in [-0.39, 0.29) is 36.4 Å². The molecule has 1 aromatic carbocycles. The number of sulfone groups is 1. The van der Waals surface area contributed by atoms with Crippen LogP contribution < -0.4 is 16.2 Å². The number of amides is 1. The van der Waals surface area contributed by atoms with Crippen molar-refractivity contribution in [2.24, 2.45) is 11.5 Å². The summed E-state index contributed by atoms with van der Waals surface area (Å²) in [5, 5.41) is 0. The van der Waals surface area contributed by atoms with Gasteiger partial charge in [-0.25, -0.2) is 8.42 Å². The van der Waals surface area contributed by atoms with Gasteiger partial charge in [-0.15, -0.1) is 12.4 Å². The van der Waals surface area contributed by atoms with E-state index in [1.165, 1.54) is 12.1 Å². The molecule has 4 N–H and O–H groups in total. The first-order valence-electron chi connectivity index (χ1n) is 5.76. The van der Waals surface area contributed by atoms with Crippen molar-refractivity contribution < 1.29 is 17.9 Å². The van der Waals surface area contributed by atoms with Crippen LogP contribution in [0.4, 0.5) is 0 Å². The summed E-state index contributed by atoms with van der Waals surface area (Å²) in [6.45, 7) is 0.242. The summed E-state index contributed by atoms with van der Waals surface area (Å²) >= 11 is 0. The molecular weight excluding hydrogens is 304 g/mol. The molecule has 1 unspecified atom stereocenters. The number of hydrogen-bond acceptors (Lipinski definition) is 5. The van der Waals surface area contributed by atoms with Gasteiger partial charge in [0.05, 0.1) is 4.90 Å². The van der Waals surface area contributed by atoms with Crippen LogP contribution in [-0.4, -0.2) is 33.2 Å². The molecule has 0 saturated carbocycles. The Labute approximate surface area is 124 Å². The van der Waals surface area contributed by atoms with Crippen molar-refractivity contribution in [3.05, 3.63) is 24.3 Å². The monoisotopic (exact) mass is 322 g/mol. The average molecular weight is 323 g/mol. The molecule has 8 heteroatoms. The summed E-state index contributed by atoms with van der Waals surface area (Å²) in [6, 6.07) is 5.79. The van der Waals surface area contributed by atoms with Crippen molar-refractivity contribution in [2.45, 2.75) is 23.8 Å². The second-order valence-corrected chi connectivity index (χ2v) is 6.34. The van der Waals surface area contributed by atoms with Gasteiger partial charge in [-0.2, -0.15) is 0 Å². The number of nitrogens with two attached hydrogens (primary N) is 2. The lowest BCUT2D eigenvalue weighted by Crippen LogP contribution is -2.29. The number of hydrogen-bond donors (Lipinski definition) is 2. The quantitative estimate of drug-likeness (QED) is 0.758. The van der Waals surface area contributed by atoms with Crippen LogP contribution in [0.15, 0.2) is 29.2 Å². The number of primary amides is 1. The minimum absolute atomic E-state index is 0. The van der Waals surface area contributed by atoms with Gasteiger partial charge in [0.2, 0.25) is 5.91 Å². The normalized spacial score (nSPS) is 12.3. The Morgan fingerprint density at radius 2 is 1.85 bits per heavy atom. The van der Waals surface area contributed by atoms with E-state index in [9.17, 15) is 13.2 Å². The molecule has 1 aromatic rings. The molecule has 0 aliphatic heterocycles. The van der Waals surface area contributed by atoms with Gasteiger partial charge < -0.3 is 16.2 Å². The molecule has 1 rings (SSSR count). The highest BCUT2D eigenvalue weighted by atomic mass is 35.5. The molecule has 0 bridgehead atoms. The highest BCUT2D eigenvalue weighted by Crippen LogP contribution is 2.16. The van der Waals surface area contributed by atoms with E-state index >= 15 is 0 Å². The lowest BCUT2D eigenvalue weighted by molar-refractivity contribution is -0.118. The summed E-state index contributed by atoms with van der Waals surface area (Å²) in [5.41, 5.74) is 10.8. The highest BCUT2D eigenvalue weighted by Gasteiger charge is 2.08. The minimum Gasteiger partial charge on any atom is -0.492 e. The Hall–Kier alpha value is -1.31. The van der Waals surface area contributed by atoms with Crippen molar-refractivity contribution in [3.63, 3.8) is 0 Å². The molecule has 0 aliphatic rings. The van der Waals surface area contributed by atoms with Crippen molar-refractivity contribution in [1.29, 1.82) is 0 Å². The first kappa shape index (κ1) is 18.7. The molecule has 114 valence electrons. The predicted molar refractivity (Wildman–Crippen MR) is 78.7 cm³/mol. The van der Waals surface area contributed by atoms with E-state index in [1.54, 1.807) is 12.1 Å². The van der Waals surface area contributed by atoms with Crippen LogP contribution in [0.25, 0.3) is 0 Å². The lowest BCUT2D eigenvalue weighted by Gasteiger charge is -2.12. The molecule has 0 saturated heterocycles. The van der Waals surface area contributed by atoms with E-state index in [2.05, 4.69) is 0 Å². The molecular formula is C12H19ClN2O4S. The summed E-state index contributed by atoms with van der Waals surface area (Å²) in [4.78, 5) is 10.8. The van der Waals surface area contributed by atoms with E-state index in [4.69, 9.17) is 16.2 Å². The Kier molecular flexibility index (Phi) is 7.55. The standard InChI is InChI=1S/C12H18N2O4S.ClH/c1-19(16,17)11-5-3-10(4-6-11)18-8-9(13)2-7-12(14)15;/h3-6,9H,2,7-8,13H2,1H3,(H2,14,15);1H. The van der Waals surface area contributed by atoms with Gasteiger partial charge in [-0.1, -0.05) is 0 Å². The van der Waals surface area contributed by atoms with Gasteiger partial charge in [0.25, 0.3) is 0 Å². The molecule has 20 heavy (non-hydrogen) atoms. The second kappa shape index (κ2) is 8.08. The zero-order valence-electron chi connectivity index (χ0n) is 11.1. The summed E-state index contributed by atoms with van der Waals surface area (Å²) in [5.74, 6) is 0.134. The molecule has 0 fully saturated rings. The first-order valence-corrected chi connectivity index (χ1v) is 7.65. The number of halogens is 1. The van der Waals surface area contributed by atoms with Gasteiger partial charge in [0.1, 0.15) is 12.4 Å². The number of carbonyl (C=O) groups is 1. The van der Waals surface area contributed by atoms with Gasteiger partial charge in [-0.05, 0) is 30.7 Å².